The zero-order valence-electron chi connectivity index (χ0n) is 7.82. The number of nitrogens with zero attached hydrogens (tertiary/aromatic N) is 1. The van der Waals surface area contributed by atoms with Gasteiger partial charge in [0.25, 0.3) is 0 Å². The van der Waals surface area contributed by atoms with Gasteiger partial charge in [-0.2, -0.15) is 0 Å². The maximum absolute atomic E-state index is 11.1. The standard InChI is InChI=1S/C9H11NO4/c1-6(4-9(13)14)5-10-7(11)2-3-8(10)12/h4H,2-3,5H2,1H3,(H,13,14)/b6-4+. The van der Waals surface area contributed by atoms with E-state index in [9.17, 15) is 14.4 Å². The Hall–Kier alpha value is -1.65. The van der Waals surface area contributed by atoms with E-state index in [0.29, 0.717) is 5.57 Å². The summed E-state index contributed by atoms with van der Waals surface area (Å²) in [7, 11) is 0. The molecule has 14 heavy (non-hydrogen) atoms. The van der Waals surface area contributed by atoms with Gasteiger partial charge in [-0.05, 0) is 12.5 Å². The van der Waals surface area contributed by atoms with Crippen LogP contribution in [0.4, 0.5) is 0 Å². The summed E-state index contributed by atoms with van der Waals surface area (Å²) in [6, 6.07) is 0. The summed E-state index contributed by atoms with van der Waals surface area (Å²) >= 11 is 0. The zero-order valence-corrected chi connectivity index (χ0v) is 7.82. The summed E-state index contributed by atoms with van der Waals surface area (Å²) in [5, 5.41) is 8.42. The first-order valence-corrected chi connectivity index (χ1v) is 4.24. The Morgan fingerprint density at radius 1 is 1.43 bits per heavy atom. The molecule has 0 bridgehead atoms. The van der Waals surface area contributed by atoms with Gasteiger partial charge in [0.15, 0.2) is 0 Å². The Labute approximate surface area is 81.0 Å². The molecule has 1 saturated heterocycles. The molecule has 2 amide bonds. The minimum atomic E-state index is -1.07. The van der Waals surface area contributed by atoms with Crippen LogP contribution in [0.25, 0.3) is 0 Å². The van der Waals surface area contributed by atoms with Crippen LogP contribution in [0.1, 0.15) is 19.8 Å². The van der Waals surface area contributed by atoms with Gasteiger partial charge in [0.05, 0.1) is 0 Å². The number of rotatable bonds is 3. The van der Waals surface area contributed by atoms with Crippen LogP contribution >= 0.6 is 0 Å². The summed E-state index contributed by atoms with van der Waals surface area (Å²) in [4.78, 5) is 33.6. The number of aliphatic carboxylic acids is 1. The Morgan fingerprint density at radius 2 is 1.93 bits per heavy atom. The van der Waals surface area contributed by atoms with Crippen LogP contribution in [0.2, 0.25) is 0 Å². The lowest BCUT2D eigenvalue weighted by atomic mass is 10.2. The van der Waals surface area contributed by atoms with Crippen molar-refractivity contribution in [1.29, 1.82) is 0 Å². The van der Waals surface area contributed by atoms with Crippen LogP contribution in [-0.4, -0.2) is 34.3 Å². The Morgan fingerprint density at radius 3 is 2.36 bits per heavy atom. The molecule has 76 valence electrons. The highest BCUT2D eigenvalue weighted by Crippen LogP contribution is 2.13. The number of imide groups is 1. The topological polar surface area (TPSA) is 74.7 Å². The summed E-state index contributed by atoms with van der Waals surface area (Å²) < 4.78 is 0. The van der Waals surface area contributed by atoms with Gasteiger partial charge in [0.2, 0.25) is 11.8 Å². The molecule has 0 radical (unpaired) electrons. The largest absolute Gasteiger partial charge is 0.478 e. The predicted octanol–water partition coefficient (Wildman–Crippen LogP) is 0.166. The number of carboxylic acids is 1. The molecule has 0 atom stereocenters. The number of carbonyl (C=O) groups is 3. The molecule has 0 aromatic rings. The van der Waals surface area contributed by atoms with Crippen LogP contribution in [0.3, 0.4) is 0 Å². The quantitative estimate of drug-likeness (QED) is 0.516. The molecule has 1 aliphatic heterocycles. The molecule has 5 heteroatoms. The van der Waals surface area contributed by atoms with Crippen molar-refractivity contribution in [1.82, 2.24) is 4.90 Å². The van der Waals surface area contributed by atoms with Gasteiger partial charge in [0, 0.05) is 25.5 Å². The molecule has 0 aromatic carbocycles. The molecule has 1 N–H and O–H groups in total. The maximum Gasteiger partial charge on any atom is 0.328 e. The number of amides is 2. The van der Waals surface area contributed by atoms with E-state index in [0.717, 1.165) is 11.0 Å². The molecular weight excluding hydrogens is 186 g/mol. The monoisotopic (exact) mass is 197 g/mol. The van der Waals surface area contributed by atoms with E-state index < -0.39 is 5.97 Å². The molecule has 1 fully saturated rings. The van der Waals surface area contributed by atoms with Crippen LogP contribution in [-0.2, 0) is 14.4 Å². The average Bonchev–Trinajstić information content (AvgIpc) is 2.34. The molecule has 1 heterocycles. The lowest BCUT2D eigenvalue weighted by molar-refractivity contribution is -0.138. The van der Waals surface area contributed by atoms with E-state index in [1.807, 2.05) is 0 Å². The smallest absolute Gasteiger partial charge is 0.328 e. The van der Waals surface area contributed by atoms with Gasteiger partial charge >= 0.3 is 5.97 Å². The fourth-order valence-electron chi connectivity index (χ4n) is 1.31. The van der Waals surface area contributed by atoms with Crippen molar-refractivity contribution in [3.05, 3.63) is 11.6 Å². The van der Waals surface area contributed by atoms with Crippen LogP contribution in [0.15, 0.2) is 11.6 Å². The fraction of sp³-hybridized carbons (Fsp3) is 0.444. The Bertz CT molecular complexity index is 303. The molecule has 1 aliphatic rings. The highest BCUT2D eigenvalue weighted by molar-refractivity contribution is 6.02. The maximum atomic E-state index is 11.1. The minimum Gasteiger partial charge on any atom is -0.478 e. The highest BCUT2D eigenvalue weighted by Gasteiger charge is 2.28. The minimum absolute atomic E-state index is 0.0873. The number of carboxylic acid groups (broad SMARTS) is 1. The molecular formula is C9H11NO4. The summed E-state index contributed by atoms with van der Waals surface area (Å²) in [5.41, 5.74) is 0.487. The van der Waals surface area contributed by atoms with E-state index in [2.05, 4.69) is 0 Å². The first-order valence-electron chi connectivity index (χ1n) is 4.24. The second-order valence-corrected chi connectivity index (χ2v) is 3.20. The van der Waals surface area contributed by atoms with Crippen LogP contribution in [0, 0.1) is 0 Å². The number of hydrogen-bond acceptors (Lipinski definition) is 3. The Balaban J connectivity index is 2.64. The van der Waals surface area contributed by atoms with Crippen LogP contribution < -0.4 is 0 Å². The third kappa shape index (κ3) is 2.42. The van der Waals surface area contributed by atoms with Crippen molar-refractivity contribution in [2.24, 2.45) is 0 Å². The lowest BCUT2D eigenvalue weighted by Gasteiger charge is -2.13. The van der Waals surface area contributed by atoms with Gasteiger partial charge in [-0.3, -0.25) is 14.5 Å². The molecule has 5 nitrogen and oxygen atoms in total. The van der Waals surface area contributed by atoms with E-state index in [1.165, 1.54) is 0 Å². The van der Waals surface area contributed by atoms with Crippen molar-refractivity contribution in [3.8, 4) is 0 Å². The first-order chi connectivity index (χ1) is 6.50. The molecule has 0 spiro atoms. The molecule has 1 rings (SSSR count). The number of carbonyl (C=O) groups excluding carboxylic acids is 2. The van der Waals surface area contributed by atoms with E-state index in [4.69, 9.17) is 5.11 Å². The molecule has 0 aromatic heterocycles. The zero-order chi connectivity index (χ0) is 10.7. The fourth-order valence-corrected chi connectivity index (χ4v) is 1.31. The second kappa shape index (κ2) is 4.04. The lowest BCUT2D eigenvalue weighted by Crippen LogP contribution is -2.30. The number of likely N-dealkylation sites (tertiary alicyclic amines) is 1. The van der Waals surface area contributed by atoms with Gasteiger partial charge in [0.1, 0.15) is 0 Å². The summed E-state index contributed by atoms with van der Waals surface area (Å²) in [5.74, 6) is -1.53. The molecule has 0 saturated carbocycles. The summed E-state index contributed by atoms with van der Waals surface area (Å²) in [6.45, 7) is 1.66. The van der Waals surface area contributed by atoms with E-state index >= 15 is 0 Å². The average molecular weight is 197 g/mol. The molecule has 0 unspecified atom stereocenters. The number of hydrogen-bond donors (Lipinski definition) is 1. The molecule has 0 aliphatic carbocycles. The SMILES string of the molecule is C/C(=C\C(=O)O)CN1C(=O)CCC1=O. The van der Waals surface area contributed by atoms with Gasteiger partial charge in [-0.25, -0.2) is 4.79 Å². The third-order valence-electron chi connectivity index (χ3n) is 1.93. The first kappa shape index (κ1) is 10.4. The second-order valence-electron chi connectivity index (χ2n) is 3.20. The van der Waals surface area contributed by atoms with Crippen molar-refractivity contribution >= 4 is 17.8 Å². The van der Waals surface area contributed by atoms with E-state index in [1.54, 1.807) is 6.92 Å². The normalized spacial score (nSPS) is 17.8. The van der Waals surface area contributed by atoms with Crippen molar-refractivity contribution < 1.29 is 19.5 Å². The predicted molar refractivity (Wildman–Crippen MR) is 47.3 cm³/mol. The van der Waals surface area contributed by atoms with Crippen LogP contribution in [0.5, 0.6) is 0 Å². The third-order valence-corrected chi connectivity index (χ3v) is 1.93. The van der Waals surface area contributed by atoms with Crippen molar-refractivity contribution in [2.75, 3.05) is 6.54 Å². The van der Waals surface area contributed by atoms with Crippen molar-refractivity contribution in [2.45, 2.75) is 19.8 Å². The van der Waals surface area contributed by atoms with Gasteiger partial charge < -0.3 is 5.11 Å². The van der Waals surface area contributed by atoms with Crippen molar-refractivity contribution in [3.63, 3.8) is 0 Å². The Kier molecular flexibility index (Phi) is 3.01. The van der Waals surface area contributed by atoms with Gasteiger partial charge in [-0.15, -0.1) is 0 Å². The van der Waals surface area contributed by atoms with Gasteiger partial charge in [-0.1, -0.05) is 0 Å². The highest BCUT2D eigenvalue weighted by atomic mass is 16.4. The van der Waals surface area contributed by atoms with E-state index in [-0.39, 0.29) is 31.2 Å². The summed E-state index contributed by atoms with van der Waals surface area (Å²) in [6.07, 6.45) is 1.47.